The summed E-state index contributed by atoms with van der Waals surface area (Å²) >= 11 is 0. The Morgan fingerprint density at radius 2 is 1.73 bits per heavy atom. The van der Waals surface area contributed by atoms with Crippen LogP contribution < -0.4 is 0 Å². The number of hydrogen-bond acceptors (Lipinski definition) is 3. The summed E-state index contributed by atoms with van der Waals surface area (Å²) in [5, 5.41) is 0. The third-order valence-electron chi connectivity index (χ3n) is 4.46. The lowest BCUT2D eigenvalue weighted by Gasteiger charge is -2.22. The van der Waals surface area contributed by atoms with Gasteiger partial charge in [-0.3, -0.25) is 14.7 Å². The van der Waals surface area contributed by atoms with Crippen LogP contribution in [0.4, 0.5) is 13.2 Å². The molecule has 1 aromatic heterocycles. The molecule has 1 saturated heterocycles. The summed E-state index contributed by atoms with van der Waals surface area (Å²) in [4.78, 5) is 20.1. The zero-order valence-electron chi connectivity index (χ0n) is 14.2. The minimum Gasteiger partial charge on any atom is -0.337 e. The molecule has 1 amide bonds. The molecule has 2 aromatic rings. The molecule has 1 fully saturated rings. The second kappa shape index (κ2) is 7.86. The maximum absolute atomic E-state index is 12.9. The monoisotopic (exact) mass is 363 g/mol. The average Bonchev–Trinajstić information content (AvgIpc) is 2.78. The van der Waals surface area contributed by atoms with Crippen LogP contribution in [0, 0.1) is 0 Å². The second-order valence-electron chi connectivity index (χ2n) is 6.40. The number of rotatable bonds is 4. The molecule has 3 rings (SSSR count). The molecule has 26 heavy (non-hydrogen) atoms. The highest BCUT2D eigenvalue weighted by Crippen LogP contribution is 2.29. The van der Waals surface area contributed by atoms with Crippen LogP contribution in [-0.2, 0) is 24.1 Å². The van der Waals surface area contributed by atoms with Crippen molar-refractivity contribution in [1.82, 2.24) is 14.8 Å². The molecule has 0 saturated carbocycles. The molecule has 0 unspecified atom stereocenters. The molecule has 0 spiro atoms. The first kappa shape index (κ1) is 18.4. The number of alkyl halides is 3. The fourth-order valence-corrected chi connectivity index (χ4v) is 3.05. The van der Waals surface area contributed by atoms with Crippen LogP contribution in [0.1, 0.15) is 23.1 Å². The Kier molecular flexibility index (Phi) is 5.56. The van der Waals surface area contributed by atoms with Gasteiger partial charge < -0.3 is 4.90 Å². The van der Waals surface area contributed by atoms with Crippen molar-refractivity contribution < 1.29 is 18.0 Å². The first-order chi connectivity index (χ1) is 12.4. The van der Waals surface area contributed by atoms with E-state index in [0.29, 0.717) is 44.7 Å². The molecule has 0 aliphatic carbocycles. The van der Waals surface area contributed by atoms with Crippen LogP contribution in [-0.4, -0.2) is 40.3 Å². The van der Waals surface area contributed by atoms with Crippen molar-refractivity contribution in [3.63, 3.8) is 0 Å². The predicted molar refractivity (Wildman–Crippen MR) is 91.0 cm³/mol. The minimum atomic E-state index is -4.34. The summed E-state index contributed by atoms with van der Waals surface area (Å²) in [5.41, 5.74) is 0.981. The van der Waals surface area contributed by atoms with E-state index < -0.39 is 11.7 Å². The van der Waals surface area contributed by atoms with Crippen LogP contribution in [0.15, 0.2) is 48.8 Å². The van der Waals surface area contributed by atoms with E-state index in [2.05, 4.69) is 4.98 Å². The summed E-state index contributed by atoms with van der Waals surface area (Å²) in [6.45, 7) is 2.66. The van der Waals surface area contributed by atoms with Crippen LogP contribution in [0.3, 0.4) is 0 Å². The van der Waals surface area contributed by atoms with Gasteiger partial charge in [-0.1, -0.05) is 18.2 Å². The van der Waals surface area contributed by atoms with E-state index in [4.69, 9.17) is 0 Å². The average molecular weight is 363 g/mol. The van der Waals surface area contributed by atoms with E-state index in [9.17, 15) is 18.0 Å². The van der Waals surface area contributed by atoms with E-state index in [1.165, 1.54) is 12.1 Å². The molecule has 1 aromatic carbocycles. The minimum absolute atomic E-state index is 0.0633. The summed E-state index contributed by atoms with van der Waals surface area (Å²) in [6, 6.07) is 9.12. The quantitative estimate of drug-likeness (QED) is 0.836. The largest absolute Gasteiger partial charge is 0.416 e. The van der Waals surface area contributed by atoms with Crippen LogP contribution in [0.25, 0.3) is 0 Å². The van der Waals surface area contributed by atoms with Crippen molar-refractivity contribution in [3.8, 4) is 0 Å². The van der Waals surface area contributed by atoms with Gasteiger partial charge >= 0.3 is 6.18 Å². The highest BCUT2D eigenvalue weighted by atomic mass is 19.4. The van der Waals surface area contributed by atoms with Gasteiger partial charge in [0.1, 0.15) is 0 Å². The number of pyridine rings is 1. The lowest BCUT2D eigenvalue weighted by molar-refractivity contribution is -0.137. The Morgan fingerprint density at radius 1 is 0.962 bits per heavy atom. The zero-order chi connectivity index (χ0) is 18.6. The molecule has 2 heterocycles. The number of carbonyl (C=O) groups excluding carboxylic acids is 1. The Hall–Kier alpha value is -2.41. The van der Waals surface area contributed by atoms with Gasteiger partial charge in [0, 0.05) is 51.5 Å². The van der Waals surface area contributed by atoms with Gasteiger partial charge in [-0.15, -0.1) is 0 Å². The molecule has 1 aliphatic rings. The number of nitrogens with zero attached hydrogens (tertiary/aromatic N) is 3. The van der Waals surface area contributed by atoms with E-state index in [0.717, 1.165) is 11.6 Å². The number of carbonyl (C=O) groups is 1. The molecule has 0 bridgehead atoms. The number of benzene rings is 1. The lowest BCUT2D eigenvalue weighted by atomic mass is 10.1. The molecule has 0 N–H and O–H groups in total. The van der Waals surface area contributed by atoms with Gasteiger partial charge in [0.15, 0.2) is 0 Å². The Labute approximate surface area is 150 Å². The topological polar surface area (TPSA) is 36.4 Å². The predicted octanol–water partition coefficient (Wildman–Crippen LogP) is 3.33. The molecule has 4 nitrogen and oxygen atoms in total. The molecule has 0 radical (unpaired) electrons. The number of hydrogen-bond donors (Lipinski definition) is 0. The van der Waals surface area contributed by atoms with Gasteiger partial charge in [0.05, 0.1) is 5.56 Å². The third-order valence-corrected chi connectivity index (χ3v) is 4.46. The Morgan fingerprint density at radius 3 is 2.46 bits per heavy atom. The van der Waals surface area contributed by atoms with Gasteiger partial charge in [-0.2, -0.15) is 13.2 Å². The van der Waals surface area contributed by atoms with Gasteiger partial charge in [-0.05, 0) is 29.3 Å². The van der Waals surface area contributed by atoms with Crippen LogP contribution >= 0.6 is 0 Å². The van der Waals surface area contributed by atoms with E-state index in [1.807, 2.05) is 17.0 Å². The van der Waals surface area contributed by atoms with E-state index >= 15 is 0 Å². The molecular weight excluding hydrogens is 343 g/mol. The number of aromatic nitrogens is 1. The molecule has 7 heteroatoms. The van der Waals surface area contributed by atoms with Gasteiger partial charge in [-0.25, -0.2) is 0 Å². The highest BCUT2D eigenvalue weighted by molar-refractivity contribution is 5.76. The summed E-state index contributed by atoms with van der Waals surface area (Å²) < 4.78 is 38.6. The molecule has 138 valence electrons. The van der Waals surface area contributed by atoms with E-state index in [-0.39, 0.29) is 5.91 Å². The standard InChI is InChI=1S/C19H20F3N3O/c20-19(21,22)17-3-1-2-16(12-17)13-24-9-6-18(26)25(11-10-24)14-15-4-7-23-8-5-15/h1-5,7-8,12H,6,9-11,13-14H2. The van der Waals surface area contributed by atoms with Crippen molar-refractivity contribution >= 4 is 5.91 Å². The van der Waals surface area contributed by atoms with Crippen molar-refractivity contribution in [1.29, 1.82) is 0 Å². The summed E-state index contributed by atoms with van der Waals surface area (Å²) in [6.07, 6.45) is -0.592. The highest BCUT2D eigenvalue weighted by Gasteiger charge is 2.30. The zero-order valence-corrected chi connectivity index (χ0v) is 14.2. The number of halogens is 3. The molecule has 0 atom stereocenters. The first-order valence-electron chi connectivity index (χ1n) is 8.47. The van der Waals surface area contributed by atoms with Crippen molar-refractivity contribution in [3.05, 3.63) is 65.5 Å². The van der Waals surface area contributed by atoms with Crippen molar-refractivity contribution in [2.75, 3.05) is 19.6 Å². The number of amides is 1. The van der Waals surface area contributed by atoms with Crippen LogP contribution in [0.2, 0.25) is 0 Å². The van der Waals surface area contributed by atoms with E-state index in [1.54, 1.807) is 23.4 Å². The SMILES string of the molecule is O=C1CCN(Cc2cccc(C(F)(F)F)c2)CCN1Cc1ccncc1. The summed E-state index contributed by atoms with van der Waals surface area (Å²) in [5.74, 6) is 0.0633. The molecular formula is C19H20F3N3O. The lowest BCUT2D eigenvalue weighted by Crippen LogP contribution is -2.32. The first-order valence-corrected chi connectivity index (χ1v) is 8.47. The smallest absolute Gasteiger partial charge is 0.337 e. The fraction of sp³-hybridized carbons (Fsp3) is 0.368. The van der Waals surface area contributed by atoms with Gasteiger partial charge in [0.2, 0.25) is 5.91 Å². The third kappa shape index (κ3) is 4.82. The van der Waals surface area contributed by atoms with Crippen molar-refractivity contribution in [2.45, 2.75) is 25.7 Å². The second-order valence-corrected chi connectivity index (χ2v) is 6.40. The molecule has 1 aliphatic heterocycles. The van der Waals surface area contributed by atoms with Crippen molar-refractivity contribution in [2.24, 2.45) is 0 Å². The maximum atomic E-state index is 12.9. The maximum Gasteiger partial charge on any atom is 0.416 e. The fourth-order valence-electron chi connectivity index (χ4n) is 3.05. The normalized spacial score (nSPS) is 16.6. The van der Waals surface area contributed by atoms with Crippen LogP contribution in [0.5, 0.6) is 0 Å². The Balaban J connectivity index is 1.62. The summed E-state index contributed by atoms with van der Waals surface area (Å²) in [7, 11) is 0. The van der Waals surface area contributed by atoms with Gasteiger partial charge in [0.25, 0.3) is 0 Å². The Bertz CT molecular complexity index is 749.